The summed E-state index contributed by atoms with van der Waals surface area (Å²) in [7, 11) is 0. The molecule has 98 valence electrons. The summed E-state index contributed by atoms with van der Waals surface area (Å²) in [6, 6.07) is 3.07. The Balaban J connectivity index is 2.06. The summed E-state index contributed by atoms with van der Waals surface area (Å²) >= 11 is 3.27. The van der Waals surface area contributed by atoms with Crippen molar-refractivity contribution in [1.29, 1.82) is 0 Å². The zero-order valence-corrected chi connectivity index (χ0v) is 11.5. The standard InChI is InChI=1S/C12H15BrN2O3/c13-9-3-4-11(17)15(6-9)8-12(18)14-5-1-2-10(16)7-14/h3-4,6,10,16H,1-2,5,7-8H2. The van der Waals surface area contributed by atoms with Crippen LogP contribution in [0.2, 0.25) is 0 Å². The number of aromatic nitrogens is 1. The molecule has 1 unspecified atom stereocenters. The van der Waals surface area contributed by atoms with Crippen molar-refractivity contribution in [1.82, 2.24) is 9.47 Å². The van der Waals surface area contributed by atoms with Crippen molar-refractivity contribution in [2.24, 2.45) is 0 Å². The third kappa shape index (κ3) is 3.20. The SMILES string of the molecule is O=C(Cn1cc(Br)ccc1=O)N1CCCC(O)C1. The average Bonchev–Trinajstić information content (AvgIpc) is 2.34. The topological polar surface area (TPSA) is 62.5 Å². The first-order valence-electron chi connectivity index (χ1n) is 5.88. The molecular weight excluding hydrogens is 300 g/mol. The van der Waals surface area contributed by atoms with Crippen molar-refractivity contribution in [3.8, 4) is 0 Å². The van der Waals surface area contributed by atoms with Gasteiger partial charge in [0, 0.05) is 29.8 Å². The fraction of sp³-hybridized carbons (Fsp3) is 0.500. The molecule has 0 aromatic carbocycles. The lowest BCUT2D eigenvalue weighted by atomic mass is 10.1. The van der Waals surface area contributed by atoms with Gasteiger partial charge in [0.05, 0.1) is 6.10 Å². The van der Waals surface area contributed by atoms with Crippen LogP contribution in [0.1, 0.15) is 12.8 Å². The Bertz CT molecular complexity index is 500. The smallest absolute Gasteiger partial charge is 0.251 e. The van der Waals surface area contributed by atoms with Gasteiger partial charge in [0.1, 0.15) is 6.54 Å². The number of rotatable bonds is 2. The van der Waals surface area contributed by atoms with Crippen LogP contribution in [0.3, 0.4) is 0 Å². The maximum absolute atomic E-state index is 12.0. The second-order valence-electron chi connectivity index (χ2n) is 4.45. The highest BCUT2D eigenvalue weighted by molar-refractivity contribution is 9.10. The monoisotopic (exact) mass is 314 g/mol. The first kappa shape index (κ1) is 13.3. The Hall–Kier alpha value is -1.14. The van der Waals surface area contributed by atoms with Crippen molar-refractivity contribution in [2.45, 2.75) is 25.5 Å². The minimum Gasteiger partial charge on any atom is -0.391 e. The van der Waals surface area contributed by atoms with Crippen LogP contribution in [-0.4, -0.2) is 39.7 Å². The number of amides is 1. The van der Waals surface area contributed by atoms with Gasteiger partial charge in [-0.15, -0.1) is 0 Å². The molecule has 0 saturated carbocycles. The largest absolute Gasteiger partial charge is 0.391 e. The number of likely N-dealkylation sites (tertiary alicyclic amines) is 1. The number of aliphatic hydroxyl groups is 1. The number of halogens is 1. The van der Waals surface area contributed by atoms with Crippen molar-refractivity contribution < 1.29 is 9.90 Å². The maximum atomic E-state index is 12.0. The predicted molar refractivity (Wildman–Crippen MR) is 70.2 cm³/mol. The van der Waals surface area contributed by atoms with Gasteiger partial charge in [0.2, 0.25) is 5.91 Å². The molecule has 0 aliphatic carbocycles. The normalized spacial score (nSPS) is 19.9. The van der Waals surface area contributed by atoms with Gasteiger partial charge in [0.25, 0.3) is 5.56 Å². The van der Waals surface area contributed by atoms with Crippen molar-refractivity contribution in [2.75, 3.05) is 13.1 Å². The van der Waals surface area contributed by atoms with E-state index in [1.54, 1.807) is 17.2 Å². The zero-order valence-electron chi connectivity index (χ0n) is 9.88. The van der Waals surface area contributed by atoms with Gasteiger partial charge in [0.15, 0.2) is 0 Å². The van der Waals surface area contributed by atoms with E-state index in [1.807, 2.05) is 0 Å². The van der Waals surface area contributed by atoms with Crippen LogP contribution in [0.5, 0.6) is 0 Å². The number of pyridine rings is 1. The summed E-state index contributed by atoms with van der Waals surface area (Å²) in [6.07, 6.45) is 2.70. The molecule has 18 heavy (non-hydrogen) atoms. The summed E-state index contributed by atoms with van der Waals surface area (Å²) in [5.41, 5.74) is -0.205. The molecule has 1 fully saturated rings. The molecule has 1 saturated heterocycles. The van der Waals surface area contributed by atoms with E-state index in [-0.39, 0.29) is 18.0 Å². The van der Waals surface area contributed by atoms with Gasteiger partial charge in [-0.1, -0.05) is 0 Å². The zero-order chi connectivity index (χ0) is 13.1. The molecule has 0 spiro atoms. The fourth-order valence-electron chi connectivity index (χ4n) is 2.05. The van der Waals surface area contributed by atoms with E-state index >= 15 is 0 Å². The third-order valence-corrected chi connectivity index (χ3v) is 3.47. The molecule has 5 nitrogen and oxygen atoms in total. The Morgan fingerprint density at radius 1 is 1.50 bits per heavy atom. The van der Waals surface area contributed by atoms with E-state index in [2.05, 4.69) is 15.9 Å². The second kappa shape index (κ2) is 5.67. The van der Waals surface area contributed by atoms with Crippen LogP contribution < -0.4 is 5.56 Å². The van der Waals surface area contributed by atoms with Crippen molar-refractivity contribution in [3.63, 3.8) is 0 Å². The molecule has 0 bridgehead atoms. The van der Waals surface area contributed by atoms with Gasteiger partial charge < -0.3 is 14.6 Å². The van der Waals surface area contributed by atoms with Crippen LogP contribution in [-0.2, 0) is 11.3 Å². The number of aliphatic hydroxyl groups excluding tert-OH is 1. The molecule has 2 heterocycles. The van der Waals surface area contributed by atoms with E-state index in [1.165, 1.54) is 10.6 Å². The number of β-amino-alcohol motifs (C(OH)–C–C–N with tert-alkyl or cyclic N) is 1. The van der Waals surface area contributed by atoms with E-state index in [4.69, 9.17) is 0 Å². The van der Waals surface area contributed by atoms with Crippen molar-refractivity contribution >= 4 is 21.8 Å². The minimum absolute atomic E-state index is 0.0188. The molecule has 1 amide bonds. The molecule has 1 aromatic heterocycles. The minimum atomic E-state index is -0.443. The molecule has 1 N–H and O–H groups in total. The Labute approximate surface area is 113 Å². The Morgan fingerprint density at radius 2 is 2.28 bits per heavy atom. The summed E-state index contributed by atoms with van der Waals surface area (Å²) in [5, 5.41) is 9.52. The first-order chi connectivity index (χ1) is 8.56. The maximum Gasteiger partial charge on any atom is 0.251 e. The van der Waals surface area contributed by atoms with Gasteiger partial charge in [-0.3, -0.25) is 9.59 Å². The van der Waals surface area contributed by atoms with Crippen LogP contribution in [0.25, 0.3) is 0 Å². The van der Waals surface area contributed by atoms with Crippen LogP contribution >= 0.6 is 15.9 Å². The van der Waals surface area contributed by atoms with Gasteiger partial charge >= 0.3 is 0 Å². The summed E-state index contributed by atoms with van der Waals surface area (Å²) in [6.45, 7) is 1.03. The fourth-order valence-corrected chi connectivity index (χ4v) is 2.43. The lowest BCUT2D eigenvalue weighted by molar-refractivity contribution is -0.134. The average molecular weight is 315 g/mol. The number of carbonyl (C=O) groups is 1. The summed E-state index contributed by atoms with van der Waals surface area (Å²) in [5.74, 6) is -0.131. The molecular formula is C12H15BrN2O3. The van der Waals surface area contributed by atoms with Crippen molar-refractivity contribution in [3.05, 3.63) is 33.2 Å². The summed E-state index contributed by atoms with van der Waals surface area (Å²) < 4.78 is 2.13. The molecule has 1 aliphatic heterocycles. The number of nitrogens with zero attached hydrogens (tertiary/aromatic N) is 2. The highest BCUT2D eigenvalue weighted by Crippen LogP contribution is 2.11. The summed E-state index contributed by atoms with van der Waals surface area (Å²) in [4.78, 5) is 25.2. The quantitative estimate of drug-likeness (QED) is 0.869. The third-order valence-electron chi connectivity index (χ3n) is 3.00. The van der Waals surface area contributed by atoms with Gasteiger partial charge in [-0.05, 0) is 34.8 Å². The lowest BCUT2D eigenvalue weighted by Crippen LogP contribution is -2.44. The van der Waals surface area contributed by atoms with Crippen LogP contribution in [0.15, 0.2) is 27.6 Å². The van der Waals surface area contributed by atoms with Crippen LogP contribution in [0, 0.1) is 0 Å². The second-order valence-corrected chi connectivity index (χ2v) is 5.36. The molecule has 1 atom stereocenters. The van der Waals surface area contributed by atoms with Crippen LogP contribution in [0.4, 0.5) is 0 Å². The highest BCUT2D eigenvalue weighted by Gasteiger charge is 2.22. The van der Waals surface area contributed by atoms with Gasteiger partial charge in [-0.2, -0.15) is 0 Å². The van der Waals surface area contributed by atoms with E-state index in [9.17, 15) is 14.7 Å². The number of piperidine rings is 1. The highest BCUT2D eigenvalue weighted by atomic mass is 79.9. The molecule has 0 radical (unpaired) electrons. The number of hydrogen-bond donors (Lipinski definition) is 1. The molecule has 1 aromatic rings. The Morgan fingerprint density at radius 3 is 3.00 bits per heavy atom. The molecule has 6 heteroatoms. The molecule has 2 rings (SSSR count). The molecule has 1 aliphatic rings. The Kier molecular flexibility index (Phi) is 4.19. The van der Waals surface area contributed by atoms with Gasteiger partial charge in [-0.25, -0.2) is 0 Å². The number of hydrogen-bond acceptors (Lipinski definition) is 3. The van der Waals surface area contributed by atoms with E-state index in [0.717, 1.165) is 17.3 Å². The predicted octanol–water partition coefficient (Wildman–Crippen LogP) is 0.594. The van der Waals surface area contributed by atoms with E-state index < -0.39 is 6.10 Å². The number of carbonyl (C=O) groups excluding carboxylic acids is 1. The lowest BCUT2D eigenvalue weighted by Gasteiger charge is -2.30. The van der Waals surface area contributed by atoms with E-state index in [0.29, 0.717) is 13.1 Å². The first-order valence-corrected chi connectivity index (χ1v) is 6.67.